The molecule has 4 rings (SSSR count). The van der Waals surface area contributed by atoms with Crippen LogP contribution in [0.2, 0.25) is 10.0 Å². The van der Waals surface area contributed by atoms with Crippen LogP contribution in [0.5, 0.6) is 5.75 Å². The number of nitrogens with zero attached hydrogens (tertiary/aromatic N) is 2. The van der Waals surface area contributed by atoms with Gasteiger partial charge in [0.05, 0.1) is 28.3 Å². The number of hydrogen-bond donors (Lipinski definition) is 2. The van der Waals surface area contributed by atoms with E-state index in [2.05, 4.69) is 15.4 Å². The molecule has 36 heavy (non-hydrogen) atoms. The Hall–Kier alpha value is -3.83. The summed E-state index contributed by atoms with van der Waals surface area (Å²) in [5, 5.41) is 6.89. The van der Waals surface area contributed by atoms with Crippen LogP contribution in [0.3, 0.4) is 0 Å². The monoisotopic (exact) mass is 540 g/mol. The minimum atomic E-state index is -4.93. The Morgan fingerprint density at radius 3 is 2.42 bits per heavy atom. The second-order valence-corrected chi connectivity index (χ2v) is 8.14. The van der Waals surface area contributed by atoms with Crippen molar-refractivity contribution in [2.75, 3.05) is 12.4 Å². The molecule has 0 unspecified atom stereocenters. The first kappa shape index (κ1) is 25.3. The number of halogens is 6. The van der Waals surface area contributed by atoms with Crippen molar-refractivity contribution in [3.05, 3.63) is 92.1 Å². The molecule has 0 spiro atoms. The van der Waals surface area contributed by atoms with Gasteiger partial charge in [-0.1, -0.05) is 35.3 Å². The Morgan fingerprint density at radius 2 is 1.78 bits per heavy atom. The number of anilines is 1. The highest BCUT2D eigenvalue weighted by molar-refractivity contribution is 6.37. The van der Waals surface area contributed by atoms with Crippen molar-refractivity contribution in [1.82, 2.24) is 14.8 Å². The second-order valence-electron chi connectivity index (χ2n) is 7.32. The average molecular weight is 541 g/mol. The van der Waals surface area contributed by atoms with Gasteiger partial charge in [-0.25, -0.2) is 9.18 Å². The summed E-state index contributed by atoms with van der Waals surface area (Å²) in [6.45, 7) is 0. The van der Waals surface area contributed by atoms with Crippen LogP contribution in [0.25, 0.3) is 17.1 Å². The van der Waals surface area contributed by atoms with Crippen molar-refractivity contribution in [2.45, 2.75) is 6.18 Å². The van der Waals surface area contributed by atoms with E-state index in [4.69, 9.17) is 27.9 Å². The first-order valence-corrected chi connectivity index (χ1v) is 10.8. The summed E-state index contributed by atoms with van der Waals surface area (Å²) in [6.07, 6.45) is -4.93. The highest BCUT2D eigenvalue weighted by Gasteiger charge is 2.34. The van der Waals surface area contributed by atoms with Crippen molar-refractivity contribution in [1.29, 1.82) is 0 Å². The van der Waals surface area contributed by atoms with Gasteiger partial charge in [-0.3, -0.25) is 9.78 Å². The summed E-state index contributed by atoms with van der Waals surface area (Å²) < 4.78 is 58.7. The summed E-state index contributed by atoms with van der Waals surface area (Å²) in [7, 11) is 1.28. The fraction of sp³-hybridized carbons (Fsp3) is 0.0870. The van der Waals surface area contributed by atoms with E-state index in [0.717, 1.165) is 10.7 Å². The van der Waals surface area contributed by atoms with Crippen LogP contribution in [0.15, 0.2) is 59.4 Å². The van der Waals surface area contributed by atoms with Crippen LogP contribution in [0.4, 0.5) is 23.2 Å². The minimum absolute atomic E-state index is 0.0324. The third kappa shape index (κ3) is 4.93. The number of carbonyl (C=O) groups is 1. The maximum absolute atomic E-state index is 13.5. The van der Waals surface area contributed by atoms with E-state index >= 15 is 0 Å². The largest absolute Gasteiger partial charge is 0.496 e. The number of ether oxygens (including phenoxy) is 1. The van der Waals surface area contributed by atoms with Crippen LogP contribution in [0.1, 0.15) is 15.9 Å². The Balaban J connectivity index is 1.65. The molecule has 1 amide bonds. The number of carbonyl (C=O) groups excluding carboxylic acids is 1. The normalized spacial score (nSPS) is 11.4. The fourth-order valence-electron chi connectivity index (χ4n) is 3.34. The number of benzene rings is 3. The van der Waals surface area contributed by atoms with Gasteiger partial charge in [0.2, 0.25) is 0 Å². The Morgan fingerprint density at radius 1 is 1.08 bits per heavy atom. The molecule has 0 fully saturated rings. The number of rotatable bonds is 5. The number of H-pyrrole nitrogens is 1. The first-order chi connectivity index (χ1) is 17.0. The van der Waals surface area contributed by atoms with Gasteiger partial charge in [0.1, 0.15) is 17.3 Å². The number of aromatic nitrogens is 3. The molecule has 0 radical (unpaired) electrons. The van der Waals surface area contributed by atoms with Crippen LogP contribution in [-0.2, 0) is 6.18 Å². The van der Waals surface area contributed by atoms with Gasteiger partial charge < -0.3 is 10.1 Å². The van der Waals surface area contributed by atoms with E-state index in [1.54, 1.807) is 18.2 Å². The number of methoxy groups -OCH3 is 1. The van der Waals surface area contributed by atoms with E-state index in [1.165, 1.54) is 25.3 Å². The Bertz CT molecular complexity index is 1510. The van der Waals surface area contributed by atoms with E-state index in [-0.39, 0.29) is 38.6 Å². The van der Waals surface area contributed by atoms with E-state index in [0.29, 0.717) is 17.7 Å². The third-order valence-corrected chi connectivity index (χ3v) is 5.63. The van der Waals surface area contributed by atoms with E-state index < -0.39 is 29.2 Å². The number of aromatic amines is 1. The number of para-hydroxylation sites is 1. The quantitative estimate of drug-likeness (QED) is 0.306. The smallest absolute Gasteiger partial charge is 0.419 e. The summed E-state index contributed by atoms with van der Waals surface area (Å²) in [5.41, 5.74) is -1.91. The van der Waals surface area contributed by atoms with Crippen molar-refractivity contribution >= 4 is 34.8 Å². The van der Waals surface area contributed by atoms with E-state index in [1.807, 2.05) is 0 Å². The molecule has 1 aromatic heterocycles. The maximum Gasteiger partial charge on any atom is 0.419 e. The van der Waals surface area contributed by atoms with Gasteiger partial charge in [-0.15, -0.1) is 5.10 Å². The molecule has 4 aromatic rings. The maximum atomic E-state index is 13.5. The van der Waals surface area contributed by atoms with Gasteiger partial charge >= 0.3 is 11.9 Å². The summed E-state index contributed by atoms with van der Waals surface area (Å²) in [5.74, 6) is -2.13. The molecule has 0 saturated heterocycles. The first-order valence-electron chi connectivity index (χ1n) is 10.00. The molecule has 2 N–H and O–H groups in total. The molecule has 0 aliphatic heterocycles. The van der Waals surface area contributed by atoms with Crippen molar-refractivity contribution in [3.8, 4) is 22.8 Å². The zero-order chi connectivity index (χ0) is 26.2. The average Bonchev–Trinajstić information content (AvgIpc) is 3.20. The molecule has 0 atom stereocenters. The van der Waals surface area contributed by atoms with Crippen molar-refractivity contribution in [3.63, 3.8) is 0 Å². The second kappa shape index (κ2) is 9.67. The molecule has 0 saturated carbocycles. The SMILES string of the molecule is COc1cc(-c2nn(-c3c(Cl)cccc3Cl)c(=O)[nH]2)ccc1C(=O)Nc1ccc(F)c(C(F)(F)F)c1. The van der Waals surface area contributed by atoms with Gasteiger partial charge in [-0.2, -0.15) is 17.9 Å². The summed E-state index contributed by atoms with van der Waals surface area (Å²) in [6, 6.07) is 11.0. The molecule has 0 aliphatic carbocycles. The zero-order valence-corrected chi connectivity index (χ0v) is 19.6. The number of amides is 1. The van der Waals surface area contributed by atoms with Gasteiger partial charge in [0, 0.05) is 11.3 Å². The predicted molar refractivity (Wildman–Crippen MR) is 126 cm³/mol. The van der Waals surface area contributed by atoms with E-state index in [9.17, 15) is 27.2 Å². The van der Waals surface area contributed by atoms with Crippen LogP contribution in [0, 0.1) is 5.82 Å². The molecule has 1 heterocycles. The molecule has 0 bridgehead atoms. The standard InChI is InChI=1S/C23H14Cl2F4N4O3/c1-36-18-9-11(20-31-22(35)33(32-20)19-15(24)3-2-4-16(19)25)5-7-13(18)21(34)30-12-6-8-17(26)14(10-12)23(27,28)29/h2-10H,1H3,(H,30,34)(H,31,32,35). The molecule has 0 aliphatic rings. The number of nitrogens with one attached hydrogen (secondary N) is 2. The Kier molecular flexibility index (Phi) is 6.79. The van der Waals surface area contributed by atoms with Gasteiger partial charge in [0.15, 0.2) is 5.82 Å². The zero-order valence-electron chi connectivity index (χ0n) is 18.1. The van der Waals surface area contributed by atoms with Gasteiger partial charge in [0.25, 0.3) is 5.91 Å². The third-order valence-electron chi connectivity index (χ3n) is 5.02. The number of alkyl halides is 3. The molecule has 186 valence electrons. The molecule has 3 aromatic carbocycles. The lowest BCUT2D eigenvalue weighted by Gasteiger charge is -2.13. The summed E-state index contributed by atoms with van der Waals surface area (Å²) in [4.78, 5) is 27.8. The molecule has 7 nitrogen and oxygen atoms in total. The summed E-state index contributed by atoms with van der Waals surface area (Å²) >= 11 is 12.3. The lowest BCUT2D eigenvalue weighted by atomic mass is 10.1. The Labute approximate surface area is 210 Å². The molecule has 13 heteroatoms. The lowest BCUT2D eigenvalue weighted by Crippen LogP contribution is -2.16. The van der Waals surface area contributed by atoms with Crippen LogP contribution in [-0.4, -0.2) is 27.8 Å². The molecular weight excluding hydrogens is 527 g/mol. The predicted octanol–water partition coefficient (Wildman–Crippen LogP) is 5.95. The highest BCUT2D eigenvalue weighted by Crippen LogP contribution is 2.34. The lowest BCUT2D eigenvalue weighted by molar-refractivity contribution is -0.139. The number of hydrogen-bond acceptors (Lipinski definition) is 4. The van der Waals surface area contributed by atoms with Crippen LogP contribution >= 0.6 is 23.2 Å². The topological polar surface area (TPSA) is 89.0 Å². The highest BCUT2D eigenvalue weighted by atomic mass is 35.5. The van der Waals surface area contributed by atoms with Crippen molar-refractivity contribution < 1.29 is 27.1 Å². The van der Waals surface area contributed by atoms with Gasteiger partial charge in [-0.05, 0) is 42.5 Å². The molecular formula is C23H14Cl2F4N4O3. The van der Waals surface area contributed by atoms with Crippen molar-refractivity contribution in [2.24, 2.45) is 0 Å². The minimum Gasteiger partial charge on any atom is -0.496 e. The fourth-order valence-corrected chi connectivity index (χ4v) is 3.90. The van der Waals surface area contributed by atoms with Crippen LogP contribution < -0.4 is 15.7 Å².